The lowest BCUT2D eigenvalue weighted by Crippen LogP contribution is -2.10. The number of carbonyl (C=O) groups excluding carboxylic acids is 1. The molecule has 0 unspecified atom stereocenters. The molecule has 156 valence electrons. The van der Waals surface area contributed by atoms with Gasteiger partial charge in [0.25, 0.3) is 0 Å². The van der Waals surface area contributed by atoms with E-state index in [-0.39, 0.29) is 23.0 Å². The number of ketones is 1. The molecule has 0 spiro atoms. The summed E-state index contributed by atoms with van der Waals surface area (Å²) in [6, 6.07) is 8.96. The Hall–Kier alpha value is -3.16. The van der Waals surface area contributed by atoms with Gasteiger partial charge in [-0.2, -0.15) is 13.2 Å². The Morgan fingerprint density at radius 3 is 2.73 bits per heavy atom. The second-order valence-corrected chi connectivity index (χ2v) is 7.25. The number of carbonyl (C=O) groups is 1. The van der Waals surface area contributed by atoms with E-state index in [1.807, 2.05) is 0 Å². The maximum absolute atomic E-state index is 13.4. The van der Waals surface area contributed by atoms with E-state index in [1.54, 1.807) is 24.4 Å². The summed E-state index contributed by atoms with van der Waals surface area (Å²) in [4.78, 5) is 20.3. The molecule has 0 aliphatic heterocycles. The molecule has 1 atom stereocenters. The summed E-state index contributed by atoms with van der Waals surface area (Å²) in [6.07, 6.45) is -1.17. The Balaban J connectivity index is 1.74. The monoisotopic (exact) mass is 416 g/mol. The molecule has 1 aliphatic carbocycles. The van der Waals surface area contributed by atoms with Gasteiger partial charge in [-0.15, -0.1) is 0 Å². The molecule has 0 bridgehead atoms. The van der Waals surface area contributed by atoms with E-state index in [2.05, 4.69) is 9.97 Å². The molecule has 1 aromatic carbocycles. The largest absolute Gasteiger partial charge is 0.496 e. The van der Waals surface area contributed by atoms with Crippen molar-refractivity contribution in [2.24, 2.45) is 5.92 Å². The van der Waals surface area contributed by atoms with Crippen molar-refractivity contribution in [3.8, 4) is 22.9 Å². The lowest BCUT2D eigenvalue weighted by Gasteiger charge is -2.15. The van der Waals surface area contributed by atoms with Gasteiger partial charge in [-0.1, -0.05) is 0 Å². The van der Waals surface area contributed by atoms with Gasteiger partial charge in [-0.3, -0.25) is 9.78 Å². The SMILES string of the molecule is COc1ccc(-c2cc3ncccc3c(OC[C@H]3CCC(=O)C3)n2)cc1C(F)(F)F. The third kappa shape index (κ3) is 4.08. The lowest BCUT2D eigenvalue weighted by molar-refractivity contribution is -0.138. The number of pyridine rings is 2. The summed E-state index contributed by atoms with van der Waals surface area (Å²) in [5, 5.41) is 0.662. The Morgan fingerprint density at radius 2 is 2.03 bits per heavy atom. The maximum atomic E-state index is 13.4. The van der Waals surface area contributed by atoms with Crippen molar-refractivity contribution in [1.82, 2.24) is 9.97 Å². The van der Waals surface area contributed by atoms with Crippen LogP contribution in [-0.2, 0) is 11.0 Å². The number of hydrogen-bond donors (Lipinski definition) is 0. The van der Waals surface area contributed by atoms with Crippen LogP contribution in [0, 0.1) is 5.92 Å². The molecule has 0 saturated heterocycles. The minimum Gasteiger partial charge on any atom is -0.496 e. The summed E-state index contributed by atoms with van der Waals surface area (Å²) >= 11 is 0. The molecule has 2 aromatic heterocycles. The standard InChI is InChI=1S/C22H19F3N2O3/c1-29-20-7-5-14(10-17(20)22(23,24)25)18-11-19-16(3-2-8-26-19)21(27-18)30-12-13-4-6-15(28)9-13/h2-3,5,7-8,10-11,13H,4,6,9,12H2,1H3/t13-/m0/s1. The van der Waals surface area contributed by atoms with Crippen molar-refractivity contribution >= 4 is 16.7 Å². The fourth-order valence-corrected chi connectivity index (χ4v) is 3.62. The highest BCUT2D eigenvalue weighted by Gasteiger charge is 2.34. The molecule has 1 fully saturated rings. The summed E-state index contributed by atoms with van der Waals surface area (Å²) in [5.74, 6) is 0.370. The van der Waals surface area contributed by atoms with Crippen LogP contribution in [-0.4, -0.2) is 29.5 Å². The number of benzene rings is 1. The molecule has 2 heterocycles. The summed E-state index contributed by atoms with van der Waals surface area (Å²) in [5.41, 5.74) is 0.269. The molecule has 5 nitrogen and oxygen atoms in total. The first-order valence-corrected chi connectivity index (χ1v) is 9.51. The van der Waals surface area contributed by atoms with Gasteiger partial charge in [0.15, 0.2) is 0 Å². The van der Waals surface area contributed by atoms with Crippen molar-refractivity contribution in [2.75, 3.05) is 13.7 Å². The van der Waals surface area contributed by atoms with Crippen molar-refractivity contribution < 1.29 is 27.4 Å². The van der Waals surface area contributed by atoms with Crippen molar-refractivity contribution in [3.63, 3.8) is 0 Å². The van der Waals surface area contributed by atoms with Gasteiger partial charge in [-0.25, -0.2) is 4.98 Å². The highest BCUT2D eigenvalue weighted by atomic mass is 19.4. The lowest BCUT2D eigenvalue weighted by atomic mass is 10.0. The minimum absolute atomic E-state index is 0.118. The Bertz CT molecular complexity index is 1100. The van der Waals surface area contributed by atoms with E-state index < -0.39 is 11.7 Å². The van der Waals surface area contributed by atoms with Crippen LogP contribution < -0.4 is 9.47 Å². The molecule has 0 radical (unpaired) electrons. The fourth-order valence-electron chi connectivity index (χ4n) is 3.62. The van der Waals surface area contributed by atoms with E-state index in [4.69, 9.17) is 9.47 Å². The molecular weight excluding hydrogens is 397 g/mol. The second-order valence-electron chi connectivity index (χ2n) is 7.25. The number of nitrogens with zero attached hydrogens (tertiary/aromatic N) is 2. The zero-order chi connectivity index (χ0) is 21.3. The summed E-state index contributed by atoms with van der Waals surface area (Å²) < 4.78 is 51.0. The highest BCUT2D eigenvalue weighted by molar-refractivity contribution is 5.87. The highest BCUT2D eigenvalue weighted by Crippen LogP contribution is 2.39. The predicted octanol–water partition coefficient (Wildman–Crippen LogP) is 5.07. The van der Waals surface area contributed by atoms with Gasteiger partial charge in [-0.05, 0) is 42.8 Å². The number of methoxy groups -OCH3 is 1. The van der Waals surface area contributed by atoms with Crippen molar-refractivity contribution in [1.29, 1.82) is 0 Å². The van der Waals surface area contributed by atoms with Crippen LogP contribution in [0.15, 0.2) is 42.6 Å². The Labute approximate surface area is 170 Å². The van der Waals surface area contributed by atoms with Crippen molar-refractivity contribution in [3.05, 3.63) is 48.2 Å². The van der Waals surface area contributed by atoms with E-state index >= 15 is 0 Å². The number of fused-ring (bicyclic) bond motifs is 1. The fraction of sp³-hybridized carbons (Fsp3) is 0.318. The summed E-state index contributed by atoms with van der Waals surface area (Å²) in [6.45, 7) is 0.322. The minimum atomic E-state index is -4.56. The molecule has 1 saturated carbocycles. The molecule has 1 aliphatic rings. The Kier molecular flexibility index (Phi) is 5.32. The number of rotatable bonds is 5. The number of ether oxygens (including phenoxy) is 2. The predicted molar refractivity (Wildman–Crippen MR) is 104 cm³/mol. The third-order valence-electron chi connectivity index (χ3n) is 5.17. The van der Waals surface area contributed by atoms with Crippen LogP contribution in [0.25, 0.3) is 22.2 Å². The first kappa shape index (κ1) is 20.1. The van der Waals surface area contributed by atoms with Crippen LogP contribution in [0.2, 0.25) is 0 Å². The van der Waals surface area contributed by atoms with Gasteiger partial charge in [0.05, 0.1) is 35.9 Å². The number of aromatic nitrogens is 2. The average molecular weight is 416 g/mol. The van der Waals surface area contributed by atoms with Crippen LogP contribution in [0.3, 0.4) is 0 Å². The third-order valence-corrected chi connectivity index (χ3v) is 5.17. The molecule has 0 N–H and O–H groups in total. The molecular formula is C22H19F3N2O3. The number of Topliss-reactive ketones (excluding diaryl/α,β-unsaturated/α-hetero) is 1. The molecule has 30 heavy (non-hydrogen) atoms. The Morgan fingerprint density at radius 1 is 1.20 bits per heavy atom. The average Bonchev–Trinajstić information content (AvgIpc) is 3.15. The zero-order valence-corrected chi connectivity index (χ0v) is 16.2. The van der Waals surface area contributed by atoms with Crippen LogP contribution in [0.5, 0.6) is 11.6 Å². The van der Waals surface area contributed by atoms with E-state index in [0.29, 0.717) is 41.9 Å². The molecule has 3 aromatic rings. The van der Waals surface area contributed by atoms with Crippen LogP contribution in [0.4, 0.5) is 13.2 Å². The quantitative estimate of drug-likeness (QED) is 0.581. The van der Waals surface area contributed by atoms with Gasteiger partial charge in [0, 0.05) is 30.5 Å². The smallest absolute Gasteiger partial charge is 0.419 e. The van der Waals surface area contributed by atoms with E-state index in [0.717, 1.165) is 12.5 Å². The van der Waals surface area contributed by atoms with Gasteiger partial charge < -0.3 is 9.47 Å². The first-order chi connectivity index (χ1) is 14.3. The number of alkyl halides is 3. The van der Waals surface area contributed by atoms with Gasteiger partial charge in [0.2, 0.25) is 5.88 Å². The van der Waals surface area contributed by atoms with Crippen LogP contribution in [0.1, 0.15) is 24.8 Å². The van der Waals surface area contributed by atoms with Gasteiger partial charge >= 0.3 is 6.18 Å². The second kappa shape index (κ2) is 7.93. The van der Waals surface area contributed by atoms with E-state index in [9.17, 15) is 18.0 Å². The van der Waals surface area contributed by atoms with Gasteiger partial charge in [0.1, 0.15) is 11.5 Å². The van der Waals surface area contributed by atoms with Crippen LogP contribution >= 0.6 is 0 Å². The molecule has 4 rings (SSSR count). The normalized spacial score (nSPS) is 16.8. The van der Waals surface area contributed by atoms with E-state index in [1.165, 1.54) is 19.2 Å². The topological polar surface area (TPSA) is 61.3 Å². The first-order valence-electron chi connectivity index (χ1n) is 9.51. The van der Waals surface area contributed by atoms with Crippen molar-refractivity contribution in [2.45, 2.75) is 25.4 Å². The zero-order valence-electron chi connectivity index (χ0n) is 16.2. The number of halogens is 3. The summed E-state index contributed by atoms with van der Waals surface area (Å²) in [7, 11) is 1.20. The maximum Gasteiger partial charge on any atom is 0.419 e. The molecule has 8 heteroatoms. The molecule has 0 amide bonds. The number of hydrogen-bond acceptors (Lipinski definition) is 5.